The van der Waals surface area contributed by atoms with Crippen LogP contribution in [0.2, 0.25) is 0 Å². The molecule has 1 N–H and O–H groups in total. The Morgan fingerprint density at radius 1 is 1.03 bits per heavy atom. The molecule has 1 aliphatic heterocycles. The summed E-state index contributed by atoms with van der Waals surface area (Å²) in [5.41, 5.74) is 1.74. The number of ether oxygens (including phenoxy) is 1. The lowest BCUT2D eigenvalue weighted by molar-refractivity contribution is -0.129. The number of carbonyl (C=O) groups excluding carboxylic acids is 2. The molecule has 3 aromatic carbocycles. The lowest BCUT2D eigenvalue weighted by Gasteiger charge is -2.32. The molecular weight excluding hydrogens is 460 g/mol. The quantitative estimate of drug-likeness (QED) is 0.530. The van der Waals surface area contributed by atoms with Crippen molar-refractivity contribution in [2.75, 3.05) is 12.4 Å². The smallest absolute Gasteiger partial charge is 0.238 e. The molecule has 0 aromatic heterocycles. The van der Waals surface area contributed by atoms with E-state index in [0.717, 1.165) is 17.3 Å². The molecule has 1 saturated heterocycles. The summed E-state index contributed by atoms with van der Waals surface area (Å²) in [6.07, 6.45) is -0.0315. The van der Waals surface area contributed by atoms with Crippen molar-refractivity contribution in [3.8, 4) is 5.75 Å². The summed E-state index contributed by atoms with van der Waals surface area (Å²) in [4.78, 5) is 32.0. The summed E-state index contributed by atoms with van der Waals surface area (Å²) in [7, 11) is 1.57. The average molecular weight is 482 g/mol. The second-order valence-electron chi connectivity index (χ2n) is 7.51. The van der Waals surface area contributed by atoms with Gasteiger partial charge in [0.05, 0.1) is 19.3 Å². The highest BCUT2D eigenvalue weighted by Gasteiger charge is 2.36. The van der Waals surface area contributed by atoms with E-state index in [2.05, 4.69) is 10.3 Å². The Bertz CT molecular complexity index is 1200. The molecule has 0 aliphatic carbocycles. The molecule has 4 rings (SSSR count). The van der Waals surface area contributed by atoms with E-state index in [1.165, 1.54) is 53.4 Å². The van der Waals surface area contributed by atoms with Crippen LogP contribution in [0.3, 0.4) is 0 Å². The minimum absolute atomic E-state index is 0.0315. The Balaban J connectivity index is 1.58. The third-order valence-electron chi connectivity index (χ3n) is 5.09. The van der Waals surface area contributed by atoms with Crippen LogP contribution in [0.15, 0.2) is 77.8 Å². The minimum Gasteiger partial charge on any atom is -0.497 e. The Hall–Kier alpha value is -3.72. The number of hydrogen-bond acceptors (Lipinski definition) is 5. The molecule has 6 nitrogen and oxygen atoms in total. The van der Waals surface area contributed by atoms with Gasteiger partial charge in [-0.25, -0.2) is 13.8 Å². The van der Waals surface area contributed by atoms with Crippen molar-refractivity contribution in [2.45, 2.75) is 18.2 Å². The lowest BCUT2D eigenvalue weighted by atomic mass is 10.2. The number of carbonyl (C=O) groups is 2. The van der Waals surface area contributed by atoms with Crippen LogP contribution in [0.25, 0.3) is 0 Å². The van der Waals surface area contributed by atoms with Crippen LogP contribution >= 0.6 is 11.8 Å². The molecule has 1 atom stereocenters. The van der Waals surface area contributed by atoms with Crippen LogP contribution in [-0.4, -0.2) is 34.2 Å². The fourth-order valence-corrected chi connectivity index (χ4v) is 4.39. The molecule has 0 radical (unpaired) electrons. The van der Waals surface area contributed by atoms with E-state index in [1.807, 2.05) is 12.1 Å². The largest absolute Gasteiger partial charge is 0.497 e. The molecule has 0 saturated carbocycles. The summed E-state index contributed by atoms with van der Waals surface area (Å²) in [5.74, 6) is -0.776. The first-order valence-corrected chi connectivity index (χ1v) is 11.3. The third kappa shape index (κ3) is 5.79. The van der Waals surface area contributed by atoms with Gasteiger partial charge in [-0.05, 0) is 66.2 Å². The van der Waals surface area contributed by atoms with Crippen molar-refractivity contribution in [3.05, 3.63) is 90.0 Å². The standard InChI is InChI=1S/C25H21F2N3O3S/c1-33-21-12-2-16(3-13-21)15-30-23(31)14-22(24(32)28-19-8-4-17(26)5-9-19)34-25(30)29-20-10-6-18(27)7-11-20/h2-13,22H,14-15H2,1H3,(H,28,32)/t22-/m0/s1. The van der Waals surface area contributed by atoms with E-state index in [0.29, 0.717) is 22.3 Å². The summed E-state index contributed by atoms with van der Waals surface area (Å²) in [5, 5.41) is 2.31. The summed E-state index contributed by atoms with van der Waals surface area (Å²) < 4.78 is 31.7. The van der Waals surface area contributed by atoms with Gasteiger partial charge in [0, 0.05) is 12.1 Å². The first-order valence-electron chi connectivity index (χ1n) is 10.4. The first-order chi connectivity index (χ1) is 16.4. The molecule has 1 fully saturated rings. The van der Waals surface area contributed by atoms with Crippen molar-refractivity contribution in [1.82, 2.24) is 4.90 Å². The number of hydrogen-bond donors (Lipinski definition) is 1. The second kappa shape index (κ2) is 10.5. The van der Waals surface area contributed by atoms with Crippen molar-refractivity contribution in [2.24, 2.45) is 4.99 Å². The molecule has 0 unspecified atom stereocenters. The second-order valence-corrected chi connectivity index (χ2v) is 8.68. The Kier molecular flexibility index (Phi) is 7.22. The van der Waals surface area contributed by atoms with Gasteiger partial charge in [0.2, 0.25) is 11.8 Å². The first kappa shape index (κ1) is 23.4. The van der Waals surface area contributed by atoms with Crippen LogP contribution < -0.4 is 10.1 Å². The fourth-order valence-electron chi connectivity index (χ4n) is 3.29. The summed E-state index contributed by atoms with van der Waals surface area (Å²) >= 11 is 1.15. The lowest BCUT2D eigenvalue weighted by Crippen LogP contribution is -2.44. The van der Waals surface area contributed by atoms with Crippen LogP contribution in [0.5, 0.6) is 5.75 Å². The number of nitrogens with one attached hydrogen (secondary N) is 1. The van der Waals surface area contributed by atoms with Crippen LogP contribution in [-0.2, 0) is 16.1 Å². The van der Waals surface area contributed by atoms with Crippen molar-refractivity contribution < 1.29 is 23.1 Å². The Morgan fingerprint density at radius 2 is 1.65 bits per heavy atom. The number of halogens is 2. The van der Waals surface area contributed by atoms with Crippen LogP contribution in [0.1, 0.15) is 12.0 Å². The van der Waals surface area contributed by atoms with Gasteiger partial charge in [-0.15, -0.1) is 0 Å². The molecule has 174 valence electrons. The van der Waals surface area contributed by atoms with Gasteiger partial charge in [0.1, 0.15) is 22.6 Å². The van der Waals surface area contributed by atoms with Gasteiger partial charge in [-0.2, -0.15) is 0 Å². The normalized spacial score (nSPS) is 17.0. The summed E-state index contributed by atoms with van der Waals surface area (Å²) in [6, 6.07) is 18.2. The molecule has 0 spiro atoms. The Labute approximate surface area is 199 Å². The van der Waals surface area contributed by atoms with E-state index >= 15 is 0 Å². The number of amides is 2. The molecule has 1 aliphatic rings. The van der Waals surface area contributed by atoms with E-state index in [-0.39, 0.29) is 24.8 Å². The van der Waals surface area contributed by atoms with Crippen molar-refractivity contribution in [1.29, 1.82) is 0 Å². The monoisotopic (exact) mass is 481 g/mol. The van der Waals surface area contributed by atoms with Crippen molar-refractivity contribution >= 4 is 40.1 Å². The molecule has 2 amide bonds. The number of methoxy groups -OCH3 is 1. The minimum atomic E-state index is -0.733. The zero-order chi connectivity index (χ0) is 24.1. The maximum Gasteiger partial charge on any atom is 0.238 e. The SMILES string of the molecule is COc1ccc(CN2C(=O)C[C@@H](C(=O)Nc3ccc(F)cc3)SC2=Nc2ccc(F)cc2)cc1. The molecule has 9 heteroatoms. The van der Waals surface area contributed by atoms with Gasteiger partial charge in [0.15, 0.2) is 5.17 Å². The van der Waals surface area contributed by atoms with E-state index in [1.54, 1.807) is 19.2 Å². The topological polar surface area (TPSA) is 71.0 Å². The number of nitrogens with zero attached hydrogens (tertiary/aromatic N) is 2. The number of rotatable bonds is 6. The predicted octanol–water partition coefficient (Wildman–Crippen LogP) is 5.13. The fraction of sp³-hybridized carbons (Fsp3) is 0.160. The molecule has 1 heterocycles. The van der Waals surface area contributed by atoms with E-state index < -0.39 is 16.9 Å². The van der Waals surface area contributed by atoms with Gasteiger partial charge in [-0.1, -0.05) is 23.9 Å². The van der Waals surface area contributed by atoms with Gasteiger partial charge in [-0.3, -0.25) is 14.5 Å². The van der Waals surface area contributed by atoms with Gasteiger partial charge >= 0.3 is 0 Å². The number of anilines is 1. The highest BCUT2D eigenvalue weighted by molar-refractivity contribution is 8.15. The summed E-state index contributed by atoms with van der Waals surface area (Å²) in [6.45, 7) is 0.252. The third-order valence-corrected chi connectivity index (χ3v) is 6.28. The predicted molar refractivity (Wildman–Crippen MR) is 128 cm³/mol. The zero-order valence-electron chi connectivity index (χ0n) is 18.2. The highest BCUT2D eigenvalue weighted by atomic mass is 32.2. The highest BCUT2D eigenvalue weighted by Crippen LogP contribution is 2.31. The average Bonchev–Trinajstić information content (AvgIpc) is 2.84. The molecule has 34 heavy (non-hydrogen) atoms. The van der Waals surface area contributed by atoms with E-state index in [4.69, 9.17) is 4.74 Å². The van der Waals surface area contributed by atoms with Gasteiger partial charge < -0.3 is 10.1 Å². The van der Waals surface area contributed by atoms with E-state index in [9.17, 15) is 18.4 Å². The maximum atomic E-state index is 13.3. The molecular formula is C25H21F2N3O3S. The molecule has 0 bridgehead atoms. The number of aliphatic imine (C=N–C) groups is 1. The number of amidine groups is 1. The van der Waals surface area contributed by atoms with Crippen LogP contribution in [0.4, 0.5) is 20.2 Å². The number of benzene rings is 3. The zero-order valence-corrected chi connectivity index (χ0v) is 19.0. The Morgan fingerprint density at radius 3 is 2.26 bits per heavy atom. The molecule has 3 aromatic rings. The maximum absolute atomic E-state index is 13.3. The number of thioether (sulfide) groups is 1. The van der Waals surface area contributed by atoms with Crippen LogP contribution in [0, 0.1) is 11.6 Å². The van der Waals surface area contributed by atoms with Gasteiger partial charge in [0.25, 0.3) is 0 Å². The van der Waals surface area contributed by atoms with Crippen molar-refractivity contribution in [3.63, 3.8) is 0 Å².